The number of aliphatic hydroxyl groups is 1. The summed E-state index contributed by atoms with van der Waals surface area (Å²) in [5.74, 6) is -0.847. The Morgan fingerprint density at radius 1 is 1.12 bits per heavy atom. The molecule has 1 fully saturated rings. The summed E-state index contributed by atoms with van der Waals surface area (Å²) in [5.41, 5.74) is 0.912. The smallest absolute Gasteiger partial charge is 0.309 e. The molecule has 0 spiro atoms. The number of hydrogen-bond acceptors (Lipinski definition) is 5. The fourth-order valence-electron chi connectivity index (χ4n) is 4.19. The van der Waals surface area contributed by atoms with E-state index in [1.807, 2.05) is 31.2 Å². The molecule has 8 heteroatoms. The molecular weight excluding hydrogens is 477 g/mol. The van der Waals surface area contributed by atoms with Crippen LogP contribution in [0, 0.1) is 0 Å². The zero-order valence-electron chi connectivity index (χ0n) is 19.8. The Bertz CT molecular complexity index is 1000. The van der Waals surface area contributed by atoms with E-state index in [2.05, 4.69) is 0 Å². The number of aliphatic hydroxyl groups excluding tert-OH is 1. The third-order valence-electron chi connectivity index (χ3n) is 5.61. The number of hydrogen-bond donors (Lipinski definition) is 1. The number of ether oxygens (including phenoxy) is 2. The molecule has 1 heterocycles. The van der Waals surface area contributed by atoms with Gasteiger partial charge in [-0.1, -0.05) is 47.5 Å². The molecule has 0 bridgehead atoms. The van der Waals surface area contributed by atoms with Gasteiger partial charge in [0.1, 0.15) is 17.8 Å². The van der Waals surface area contributed by atoms with Crippen LogP contribution >= 0.6 is 23.2 Å². The Hall–Kier alpha value is -2.12. The van der Waals surface area contributed by atoms with Crippen LogP contribution in [0.15, 0.2) is 48.5 Å². The highest BCUT2D eigenvalue weighted by atomic mass is 35.5. The van der Waals surface area contributed by atoms with Crippen molar-refractivity contribution >= 4 is 35.1 Å². The lowest BCUT2D eigenvalue weighted by Crippen LogP contribution is -2.54. The second kappa shape index (κ2) is 11.1. The van der Waals surface area contributed by atoms with Crippen LogP contribution in [0.4, 0.5) is 0 Å². The number of esters is 1. The molecule has 1 saturated heterocycles. The highest BCUT2D eigenvalue weighted by molar-refractivity contribution is 6.30. The first-order valence-electron chi connectivity index (χ1n) is 11.3. The summed E-state index contributed by atoms with van der Waals surface area (Å²) in [5, 5.41) is 10.7. The second-order valence-electron chi connectivity index (χ2n) is 9.49. The third kappa shape index (κ3) is 6.51. The Kier molecular flexibility index (Phi) is 8.63. The molecule has 0 radical (unpaired) electrons. The number of morpholine rings is 1. The van der Waals surface area contributed by atoms with Crippen molar-refractivity contribution in [2.24, 2.45) is 0 Å². The topological polar surface area (TPSA) is 76.1 Å². The van der Waals surface area contributed by atoms with Crippen molar-refractivity contribution < 1.29 is 24.2 Å². The fraction of sp³-hybridized carbons (Fsp3) is 0.462. The van der Waals surface area contributed by atoms with Gasteiger partial charge in [0.25, 0.3) is 5.91 Å². The molecule has 1 N–H and O–H groups in total. The highest BCUT2D eigenvalue weighted by Crippen LogP contribution is 2.44. The first-order chi connectivity index (χ1) is 16.0. The van der Waals surface area contributed by atoms with E-state index in [4.69, 9.17) is 32.7 Å². The average Bonchev–Trinajstić information content (AvgIpc) is 2.74. The minimum absolute atomic E-state index is 0.0856. The summed E-state index contributed by atoms with van der Waals surface area (Å²) < 4.78 is 11.8. The standard InChI is InChI=1S/C26H31Cl2NO5/c1-16(12-13-30)29-23(17-8-10-19(27)11-9-17)24(18-6-5-7-20(28)14-18)33-21(25(29)32)15-22(31)34-26(2,3)4/h5-11,14,16,21,23-24,30H,12-13,15H2,1-4H3/t16-,21-,23+,24+/m0/s1. The van der Waals surface area contributed by atoms with Crippen LogP contribution in [-0.2, 0) is 19.1 Å². The molecule has 0 aliphatic carbocycles. The molecule has 0 aromatic heterocycles. The molecule has 1 amide bonds. The number of amides is 1. The van der Waals surface area contributed by atoms with Gasteiger partial charge in [-0.3, -0.25) is 9.59 Å². The quantitative estimate of drug-likeness (QED) is 0.500. The second-order valence-corrected chi connectivity index (χ2v) is 10.4. The van der Waals surface area contributed by atoms with Gasteiger partial charge in [-0.05, 0) is 69.5 Å². The minimum atomic E-state index is -1.04. The van der Waals surface area contributed by atoms with Crippen LogP contribution in [0.2, 0.25) is 10.0 Å². The lowest BCUT2D eigenvalue weighted by atomic mass is 9.89. The molecule has 184 valence electrons. The van der Waals surface area contributed by atoms with Gasteiger partial charge in [0.05, 0.1) is 12.5 Å². The summed E-state index contributed by atoms with van der Waals surface area (Å²) in [6.45, 7) is 7.11. The molecule has 2 aromatic carbocycles. The summed E-state index contributed by atoms with van der Waals surface area (Å²) in [6, 6.07) is 13.7. The van der Waals surface area contributed by atoms with E-state index in [-0.39, 0.29) is 25.0 Å². The van der Waals surface area contributed by atoms with Crippen LogP contribution in [0.25, 0.3) is 0 Å². The predicted molar refractivity (Wildman–Crippen MR) is 132 cm³/mol. The normalized spacial score (nSPS) is 21.9. The first kappa shape index (κ1) is 26.5. The van der Waals surface area contributed by atoms with Crippen molar-refractivity contribution in [3.05, 3.63) is 69.7 Å². The van der Waals surface area contributed by atoms with E-state index in [0.717, 1.165) is 11.1 Å². The molecule has 3 rings (SSSR count). The molecule has 2 aromatic rings. The van der Waals surface area contributed by atoms with Crippen LogP contribution in [0.3, 0.4) is 0 Å². The predicted octanol–water partition coefficient (Wildman–Crippen LogP) is 5.51. The van der Waals surface area contributed by atoms with Crippen molar-refractivity contribution in [1.29, 1.82) is 0 Å². The lowest BCUT2D eigenvalue weighted by Gasteiger charge is -2.47. The Morgan fingerprint density at radius 3 is 2.38 bits per heavy atom. The van der Waals surface area contributed by atoms with Gasteiger partial charge in [0.2, 0.25) is 0 Å². The summed E-state index contributed by atoms with van der Waals surface area (Å²) >= 11 is 12.4. The van der Waals surface area contributed by atoms with Crippen LogP contribution in [0.1, 0.15) is 63.8 Å². The maximum atomic E-state index is 13.7. The van der Waals surface area contributed by atoms with E-state index >= 15 is 0 Å². The van der Waals surface area contributed by atoms with E-state index in [9.17, 15) is 14.7 Å². The number of halogens is 2. The molecule has 4 atom stereocenters. The molecule has 0 unspecified atom stereocenters. The average molecular weight is 508 g/mol. The van der Waals surface area contributed by atoms with Gasteiger partial charge < -0.3 is 19.5 Å². The van der Waals surface area contributed by atoms with Gasteiger partial charge in [-0.25, -0.2) is 0 Å². The van der Waals surface area contributed by atoms with Crippen molar-refractivity contribution in [2.75, 3.05) is 6.61 Å². The van der Waals surface area contributed by atoms with E-state index in [0.29, 0.717) is 16.5 Å². The largest absolute Gasteiger partial charge is 0.460 e. The van der Waals surface area contributed by atoms with Gasteiger partial charge in [-0.15, -0.1) is 0 Å². The monoisotopic (exact) mass is 507 g/mol. The molecule has 1 aliphatic heterocycles. The number of rotatable bonds is 7. The van der Waals surface area contributed by atoms with Gasteiger partial charge >= 0.3 is 5.97 Å². The van der Waals surface area contributed by atoms with Crippen LogP contribution in [-0.4, -0.2) is 46.2 Å². The molecule has 34 heavy (non-hydrogen) atoms. The van der Waals surface area contributed by atoms with Gasteiger partial charge in [-0.2, -0.15) is 0 Å². The summed E-state index contributed by atoms with van der Waals surface area (Å²) in [4.78, 5) is 28.0. The zero-order valence-corrected chi connectivity index (χ0v) is 21.3. The van der Waals surface area contributed by atoms with Crippen molar-refractivity contribution in [3.8, 4) is 0 Å². The first-order valence-corrected chi connectivity index (χ1v) is 12.1. The lowest BCUT2D eigenvalue weighted by molar-refractivity contribution is -0.186. The Balaban J connectivity index is 2.07. The molecule has 1 aliphatic rings. The van der Waals surface area contributed by atoms with Crippen molar-refractivity contribution in [1.82, 2.24) is 4.90 Å². The Morgan fingerprint density at radius 2 is 1.79 bits per heavy atom. The van der Waals surface area contributed by atoms with E-state index in [1.165, 1.54) is 0 Å². The molecule has 6 nitrogen and oxygen atoms in total. The minimum Gasteiger partial charge on any atom is -0.460 e. The molecular formula is C26H31Cl2NO5. The van der Waals surface area contributed by atoms with Crippen LogP contribution < -0.4 is 0 Å². The number of carbonyl (C=O) groups excluding carboxylic acids is 2. The summed E-state index contributed by atoms with van der Waals surface area (Å²) in [6.07, 6.45) is -1.49. The van der Waals surface area contributed by atoms with Crippen molar-refractivity contribution in [2.45, 2.75) is 70.4 Å². The summed E-state index contributed by atoms with van der Waals surface area (Å²) in [7, 11) is 0. The maximum Gasteiger partial charge on any atom is 0.309 e. The van der Waals surface area contributed by atoms with Crippen LogP contribution in [0.5, 0.6) is 0 Å². The van der Waals surface area contributed by atoms with E-state index < -0.39 is 29.8 Å². The zero-order chi connectivity index (χ0) is 25.0. The third-order valence-corrected chi connectivity index (χ3v) is 6.10. The van der Waals surface area contributed by atoms with Gasteiger partial charge in [0, 0.05) is 22.7 Å². The van der Waals surface area contributed by atoms with E-state index in [1.54, 1.807) is 49.9 Å². The fourth-order valence-corrected chi connectivity index (χ4v) is 4.51. The highest BCUT2D eigenvalue weighted by Gasteiger charge is 2.46. The Labute approximate surface area is 210 Å². The number of nitrogens with zero attached hydrogens (tertiary/aromatic N) is 1. The number of benzene rings is 2. The number of carbonyl (C=O) groups is 2. The SMILES string of the molecule is C[C@@H](CCO)N1C(=O)[C@H](CC(=O)OC(C)(C)C)O[C@H](c2cccc(Cl)c2)[C@H]1c1ccc(Cl)cc1. The van der Waals surface area contributed by atoms with Gasteiger partial charge in [0.15, 0.2) is 0 Å². The maximum absolute atomic E-state index is 13.7. The molecule has 0 saturated carbocycles. The van der Waals surface area contributed by atoms with Crippen molar-refractivity contribution in [3.63, 3.8) is 0 Å².